The van der Waals surface area contributed by atoms with E-state index < -0.39 is 27.5 Å². The highest BCUT2D eigenvalue weighted by molar-refractivity contribution is 7.85. The summed E-state index contributed by atoms with van der Waals surface area (Å²) < 4.78 is 42.2. The minimum Gasteiger partial charge on any atom is -0.462 e. The molecule has 0 aromatic rings. The van der Waals surface area contributed by atoms with Gasteiger partial charge in [0.2, 0.25) is 0 Å². The summed E-state index contributed by atoms with van der Waals surface area (Å²) in [4.78, 5) is 37.5. The van der Waals surface area contributed by atoms with Gasteiger partial charge in [0, 0.05) is 30.8 Å². The van der Waals surface area contributed by atoms with E-state index in [4.69, 9.17) is 23.6 Å². The highest BCUT2D eigenvalue weighted by atomic mass is 32.2. The predicted octanol–water partition coefficient (Wildman–Crippen LogP) is 2.86. The summed E-state index contributed by atoms with van der Waals surface area (Å²) in [5.74, 6) is -1.23. The van der Waals surface area contributed by atoms with Crippen molar-refractivity contribution in [2.45, 2.75) is 91.4 Å². The molecule has 0 atom stereocenters. The first kappa shape index (κ1) is 30.8. The van der Waals surface area contributed by atoms with Crippen LogP contribution in [0.5, 0.6) is 0 Å². The van der Waals surface area contributed by atoms with Gasteiger partial charge in [0.25, 0.3) is 10.1 Å². The molecule has 2 aliphatic carbocycles. The number of unbranched alkanes of at least 4 members (excludes halogenated alkanes) is 1. The fourth-order valence-electron chi connectivity index (χ4n) is 4.52. The van der Waals surface area contributed by atoms with Gasteiger partial charge in [-0.25, -0.2) is 4.79 Å². The first-order chi connectivity index (χ1) is 17.2. The lowest BCUT2D eigenvalue weighted by Crippen LogP contribution is -2.53. The average molecular weight is 549 g/mol. The summed E-state index contributed by atoms with van der Waals surface area (Å²) in [5, 5.41) is 11.6. The molecule has 13 heteroatoms. The molecule has 1 N–H and O–H groups in total. The van der Waals surface area contributed by atoms with Crippen molar-refractivity contribution in [1.29, 1.82) is 0 Å². The molecule has 2 saturated carbocycles. The Bertz CT molecular complexity index is 938. The Labute approximate surface area is 218 Å². The molecule has 37 heavy (non-hydrogen) atoms. The zero-order chi connectivity index (χ0) is 28.0. The van der Waals surface area contributed by atoms with Crippen LogP contribution >= 0.6 is 0 Å². The summed E-state index contributed by atoms with van der Waals surface area (Å²) in [6.07, 6.45) is 3.74. The van der Waals surface area contributed by atoms with Gasteiger partial charge in [0.05, 0.1) is 37.4 Å². The van der Waals surface area contributed by atoms with Crippen molar-refractivity contribution in [2.75, 3.05) is 26.0 Å². The van der Waals surface area contributed by atoms with Crippen LogP contribution in [0.1, 0.15) is 73.1 Å². The van der Waals surface area contributed by atoms with Crippen molar-refractivity contribution in [3.05, 3.63) is 0 Å². The molecule has 0 aromatic carbocycles. The third kappa shape index (κ3) is 8.03. The minimum absolute atomic E-state index is 0.0562. The molecule has 2 heterocycles. The molecule has 4 rings (SSSR count). The second-order valence-electron chi connectivity index (χ2n) is 10.6. The van der Waals surface area contributed by atoms with Crippen LogP contribution in [-0.2, 0) is 38.1 Å². The fourth-order valence-corrected chi connectivity index (χ4v) is 4.98. The summed E-state index contributed by atoms with van der Waals surface area (Å²) in [6.45, 7) is 10.0. The van der Waals surface area contributed by atoms with Crippen LogP contribution in [-0.4, -0.2) is 86.5 Å². The number of esters is 2. The second-order valence-corrected chi connectivity index (χ2v) is 12.3. The topological polar surface area (TPSA) is 158 Å². The Morgan fingerprint density at radius 1 is 1.08 bits per heavy atom. The van der Waals surface area contributed by atoms with Crippen LogP contribution in [0.3, 0.4) is 0 Å². The smallest absolute Gasteiger partial charge is 0.410 e. The molecule has 0 radical (unpaired) electrons. The Kier molecular flexibility index (Phi) is 10.3. The van der Waals surface area contributed by atoms with Crippen LogP contribution in [0.2, 0.25) is 0 Å². The normalized spacial score (nSPS) is 23.4. The number of rotatable bonds is 10. The van der Waals surface area contributed by atoms with Crippen molar-refractivity contribution in [2.24, 2.45) is 16.0 Å². The standard InChI is InChI=1S/C12H21NO5S.C12H19NO5/c1-3-4-5-17-11(14)13-8-12(6-10(13)7-12)9-18-19(2,15)16;1-7(2)17-10(14)12(5-9(6-12)13-16)11(15)18-8(3)4/h10H,3-9H2,1-2H3;7-8,16H,5-6H2,1-4H3. The van der Waals surface area contributed by atoms with Gasteiger partial charge in [-0.15, -0.1) is 0 Å². The molecule has 12 nitrogen and oxygen atoms in total. The average Bonchev–Trinajstić information content (AvgIpc) is 3.27. The maximum absolute atomic E-state index is 12.0. The van der Waals surface area contributed by atoms with Crippen LogP contribution in [0.4, 0.5) is 4.79 Å². The van der Waals surface area contributed by atoms with E-state index in [9.17, 15) is 22.8 Å². The number of carbonyl (C=O) groups excluding carboxylic acids is 3. The van der Waals surface area contributed by atoms with Gasteiger partial charge in [0.15, 0.2) is 5.41 Å². The maximum Gasteiger partial charge on any atom is 0.410 e. The number of ether oxygens (including phenoxy) is 3. The van der Waals surface area contributed by atoms with Crippen molar-refractivity contribution in [1.82, 2.24) is 4.90 Å². The molecule has 212 valence electrons. The highest BCUT2D eigenvalue weighted by Crippen LogP contribution is 2.52. The van der Waals surface area contributed by atoms with Crippen molar-refractivity contribution >= 4 is 33.9 Å². The Hall–Kier alpha value is -2.41. The number of carbonyl (C=O) groups is 3. The zero-order valence-corrected chi connectivity index (χ0v) is 23.3. The minimum atomic E-state index is -3.42. The zero-order valence-electron chi connectivity index (χ0n) is 22.5. The summed E-state index contributed by atoms with van der Waals surface area (Å²) >= 11 is 0. The van der Waals surface area contributed by atoms with E-state index in [1.807, 2.05) is 6.92 Å². The fraction of sp³-hybridized carbons (Fsp3) is 0.833. The molecular weight excluding hydrogens is 508 g/mol. The summed E-state index contributed by atoms with van der Waals surface area (Å²) in [7, 11) is -3.42. The van der Waals surface area contributed by atoms with Crippen molar-refractivity contribution in [3.8, 4) is 0 Å². The first-order valence-electron chi connectivity index (χ1n) is 12.6. The van der Waals surface area contributed by atoms with Gasteiger partial charge in [-0.3, -0.25) is 13.8 Å². The van der Waals surface area contributed by atoms with Crippen LogP contribution in [0, 0.1) is 10.8 Å². The SMILES string of the molecule is CC(C)OC(=O)C1(C(=O)OC(C)C)CC(=NO)C1.CCCCOC(=O)N1CC2(COS(C)(=O)=O)CC1C2. The largest absolute Gasteiger partial charge is 0.462 e. The molecule has 0 unspecified atom stereocenters. The monoisotopic (exact) mass is 548 g/mol. The van der Waals surface area contributed by atoms with Gasteiger partial charge in [-0.05, 0) is 47.0 Å². The molecule has 4 aliphatic rings. The number of hydrogen-bond donors (Lipinski definition) is 1. The Morgan fingerprint density at radius 2 is 1.62 bits per heavy atom. The Morgan fingerprint density at radius 3 is 2.05 bits per heavy atom. The quantitative estimate of drug-likeness (QED) is 0.0818. The van der Waals surface area contributed by atoms with Crippen molar-refractivity contribution in [3.63, 3.8) is 0 Å². The molecule has 4 fully saturated rings. The highest BCUT2D eigenvalue weighted by Gasteiger charge is 2.58. The molecule has 1 amide bonds. The summed E-state index contributed by atoms with van der Waals surface area (Å²) in [6, 6.07) is 0.192. The lowest BCUT2D eigenvalue weighted by molar-refractivity contribution is -0.178. The first-order valence-corrected chi connectivity index (χ1v) is 14.4. The van der Waals surface area contributed by atoms with Crippen LogP contribution in [0.15, 0.2) is 5.16 Å². The maximum atomic E-state index is 12.0. The molecular formula is C24H40N2O10S. The van der Waals surface area contributed by atoms with Crippen LogP contribution < -0.4 is 0 Å². The summed E-state index contributed by atoms with van der Waals surface area (Å²) in [5.41, 5.74) is -1.12. The van der Waals surface area contributed by atoms with E-state index in [0.29, 0.717) is 18.9 Å². The number of nitrogens with zero attached hydrogens (tertiary/aromatic N) is 2. The van der Waals surface area contributed by atoms with Gasteiger partial charge in [0.1, 0.15) is 0 Å². The van der Waals surface area contributed by atoms with E-state index in [1.54, 1.807) is 32.6 Å². The Balaban J connectivity index is 0.000000261. The van der Waals surface area contributed by atoms with Gasteiger partial charge < -0.3 is 24.3 Å². The van der Waals surface area contributed by atoms with Gasteiger partial charge >= 0.3 is 18.0 Å². The van der Waals surface area contributed by atoms with Gasteiger partial charge in [-0.2, -0.15) is 8.42 Å². The van der Waals surface area contributed by atoms with Crippen LogP contribution in [0.25, 0.3) is 0 Å². The molecule has 2 aliphatic heterocycles. The van der Waals surface area contributed by atoms with Crippen molar-refractivity contribution < 1.29 is 46.4 Å². The van der Waals surface area contributed by atoms with E-state index in [0.717, 1.165) is 31.9 Å². The molecule has 2 saturated heterocycles. The molecule has 0 spiro atoms. The number of amides is 1. The van der Waals surface area contributed by atoms with E-state index in [-0.39, 0.29) is 49.2 Å². The third-order valence-electron chi connectivity index (χ3n) is 6.44. The van der Waals surface area contributed by atoms with E-state index >= 15 is 0 Å². The molecule has 2 bridgehead atoms. The molecule has 0 aromatic heterocycles. The lowest BCUT2D eigenvalue weighted by atomic mass is 9.67. The number of fused-ring (bicyclic) bond motifs is 1. The van der Waals surface area contributed by atoms with Gasteiger partial charge in [-0.1, -0.05) is 18.5 Å². The number of hydrogen-bond acceptors (Lipinski definition) is 11. The predicted molar refractivity (Wildman–Crippen MR) is 133 cm³/mol. The van der Waals surface area contributed by atoms with E-state index in [2.05, 4.69) is 5.16 Å². The van der Waals surface area contributed by atoms with E-state index in [1.165, 1.54) is 0 Å². The number of oxime groups is 1. The second kappa shape index (κ2) is 12.4. The lowest BCUT2D eigenvalue weighted by Gasteiger charge is -2.37. The third-order valence-corrected chi connectivity index (χ3v) is 6.99.